The number of ether oxygens (including phenoxy) is 1. The molecule has 2 aromatic heterocycles. The minimum absolute atomic E-state index is 0.454. The number of methoxy groups -OCH3 is 1. The summed E-state index contributed by atoms with van der Waals surface area (Å²) in [6.45, 7) is 2.40. The molecule has 0 fully saturated rings. The summed E-state index contributed by atoms with van der Waals surface area (Å²) in [7, 11) is 1.63. The molecular formula is C16H16N4O2. The van der Waals surface area contributed by atoms with E-state index < -0.39 is 0 Å². The molecule has 0 aliphatic carbocycles. The molecule has 0 amide bonds. The first-order chi connectivity index (χ1) is 10.8. The first-order valence-electron chi connectivity index (χ1n) is 6.96. The highest BCUT2D eigenvalue weighted by atomic mass is 16.7. The fourth-order valence-electron chi connectivity index (χ4n) is 2.07. The molecule has 0 aliphatic heterocycles. The van der Waals surface area contributed by atoms with Crippen LogP contribution in [-0.4, -0.2) is 28.7 Å². The maximum absolute atomic E-state index is 5.69. The van der Waals surface area contributed by atoms with Gasteiger partial charge in [-0.15, -0.1) is 0 Å². The lowest BCUT2D eigenvalue weighted by Gasteiger charge is -2.21. The number of nitrogens with zero attached hydrogens (tertiary/aromatic N) is 4. The second-order valence-corrected chi connectivity index (χ2v) is 4.49. The SMILES string of the molecule is CCON(c1cccc(OC)c1)c1ncc2ncccc2n1. The first kappa shape index (κ1) is 14.2. The number of hydrogen-bond donors (Lipinski definition) is 0. The van der Waals surface area contributed by atoms with E-state index in [0.717, 1.165) is 22.5 Å². The monoisotopic (exact) mass is 296 g/mol. The van der Waals surface area contributed by atoms with Crippen molar-refractivity contribution >= 4 is 22.7 Å². The van der Waals surface area contributed by atoms with Crippen LogP contribution in [0.3, 0.4) is 0 Å². The van der Waals surface area contributed by atoms with Crippen molar-refractivity contribution in [3.63, 3.8) is 0 Å². The topological polar surface area (TPSA) is 60.4 Å². The van der Waals surface area contributed by atoms with Gasteiger partial charge < -0.3 is 4.74 Å². The molecular weight excluding hydrogens is 280 g/mol. The Balaban J connectivity index is 2.04. The molecule has 0 bridgehead atoms. The van der Waals surface area contributed by atoms with Crippen molar-refractivity contribution in [3.05, 3.63) is 48.8 Å². The van der Waals surface area contributed by atoms with Crippen LogP contribution >= 0.6 is 0 Å². The molecule has 0 radical (unpaired) electrons. The smallest absolute Gasteiger partial charge is 0.255 e. The molecule has 0 saturated heterocycles. The number of pyridine rings is 1. The lowest BCUT2D eigenvalue weighted by atomic mass is 10.3. The molecule has 2 heterocycles. The third-order valence-electron chi connectivity index (χ3n) is 3.07. The normalized spacial score (nSPS) is 10.6. The Labute approximate surface area is 128 Å². The summed E-state index contributed by atoms with van der Waals surface area (Å²) in [5, 5.41) is 1.59. The Kier molecular flexibility index (Phi) is 4.11. The Morgan fingerprint density at radius 2 is 2.00 bits per heavy atom. The van der Waals surface area contributed by atoms with Gasteiger partial charge in [-0.1, -0.05) is 6.07 Å². The number of aromatic nitrogens is 3. The highest BCUT2D eigenvalue weighted by molar-refractivity contribution is 5.74. The maximum Gasteiger partial charge on any atom is 0.255 e. The van der Waals surface area contributed by atoms with Gasteiger partial charge in [0.15, 0.2) is 0 Å². The number of rotatable bonds is 5. The van der Waals surface area contributed by atoms with E-state index in [-0.39, 0.29) is 0 Å². The third-order valence-corrected chi connectivity index (χ3v) is 3.07. The van der Waals surface area contributed by atoms with Gasteiger partial charge in [0.25, 0.3) is 5.95 Å². The van der Waals surface area contributed by atoms with Crippen LogP contribution in [0.1, 0.15) is 6.92 Å². The van der Waals surface area contributed by atoms with E-state index in [2.05, 4.69) is 15.0 Å². The summed E-state index contributed by atoms with van der Waals surface area (Å²) in [6.07, 6.45) is 3.40. The average Bonchev–Trinajstić information content (AvgIpc) is 2.59. The standard InChI is InChI=1S/C16H16N4O2/c1-3-22-20(12-6-4-7-13(10-12)21-2)16-18-11-15-14(19-16)8-5-9-17-15/h4-11H,3H2,1-2H3. The van der Waals surface area contributed by atoms with Crippen LogP contribution in [0, 0.1) is 0 Å². The lowest BCUT2D eigenvalue weighted by Crippen LogP contribution is -2.20. The Hall–Kier alpha value is -2.73. The van der Waals surface area contributed by atoms with Crippen LogP contribution in [-0.2, 0) is 4.84 Å². The van der Waals surface area contributed by atoms with Crippen molar-refractivity contribution in [1.82, 2.24) is 15.0 Å². The Morgan fingerprint density at radius 3 is 2.82 bits per heavy atom. The van der Waals surface area contributed by atoms with E-state index >= 15 is 0 Å². The summed E-state index contributed by atoms with van der Waals surface area (Å²) < 4.78 is 5.26. The highest BCUT2D eigenvalue weighted by Crippen LogP contribution is 2.27. The molecule has 22 heavy (non-hydrogen) atoms. The number of hydrogen-bond acceptors (Lipinski definition) is 6. The van der Waals surface area contributed by atoms with E-state index in [9.17, 15) is 0 Å². The van der Waals surface area contributed by atoms with Gasteiger partial charge in [0, 0.05) is 12.3 Å². The van der Waals surface area contributed by atoms with Crippen molar-refractivity contribution in [2.45, 2.75) is 6.92 Å². The van der Waals surface area contributed by atoms with Crippen molar-refractivity contribution in [2.24, 2.45) is 0 Å². The lowest BCUT2D eigenvalue weighted by molar-refractivity contribution is 0.145. The number of benzene rings is 1. The van der Waals surface area contributed by atoms with Crippen molar-refractivity contribution < 1.29 is 9.57 Å². The average molecular weight is 296 g/mol. The van der Waals surface area contributed by atoms with Gasteiger partial charge in [0.05, 0.1) is 31.1 Å². The summed E-state index contributed by atoms with van der Waals surface area (Å²) in [6, 6.07) is 11.3. The summed E-state index contributed by atoms with van der Waals surface area (Å²) in [5.74, 6) is 1.19. The van der Waals surface area contributed by atoms with Gasteiger partial charge in [0.2, 0.25) is 0 Å². The van der Waals surface area contributed by atoms with Crippen LogP contribution in [0.2, 0.25) is 0 Å². The van der Waals surface area contributed by atoms with Crippen LogP contribution in [0.15, 0.2) is 48.8 Å². The van der Waals surface area contributed by atoms with E-state index in [1.165, 1.54) is 0 Å². The Morgan fingerprint density at radius 1 is 1.09 bits per heavy atom. The molecule has 0 saturated carbocycles. The van der Waals surface area contributed by atoms with Crippen LogP contribution in [0.4, 0.5) is 11.6 Å². The number of anilines is 2. The molecule has 3 aromatic rings. The van der Waals surface area contributed by atoms with E-state index in [1.807, 2.05) is 43.3 Å². The van der Waals surface area contributed by atoms with Gasteiger partial charge in [-0.3, -0.25) is 9.82 Å². The van der Waals surface area contributed by atoms with E-state index in [1.54, 1.807) is 24.6 Å². The molecule has 1 aromatic carbocycles. The quantitative estimate of drug-likeness (QED) is 0.674. The van der Waals surface area contributed by atoms with Crippen molar-refractivity contribution in [1.29, 1.82) is 0 Å². The molecule has 6 heteroatoms. The van der Waals surface area contributed by atoms with Crippen molar-refractivity contribution in [3.8, 4) is 5.75 Å². The van der Waals surface area contributed by atoms with E-state index in [4.69, 9.17) is 9.57 Å². The molecule has 3 rings (SSSR count). The zero-order valence-corrected chi connectivity index (χ0v) is 12.4. The van der Waals surface area contributed by atoms with Crippen LogP contribution in [0.25, 0.3) is 11.0 Å². The fourth-order valence-corrected chi connectivity index (χ4v) is 2.07. The predicted octanol–water partition coefficient (Wildman–Crippen LogP) is 3.12. The predicted molar refractivity (Wildman–Crippen MR) is 84.1 cm³/mol. The highest BCUT2D eigenvalue weighted by Gasteiger charge is 2.14. The molecule has 6 nitrogen and oxygen atoms in total. The summed E-state index contributed by atoms with van der Waals surface area (Å²) in [5.41, 5.74) is 2.30. The van der Waals surface area contributed by atoms with Gasteiger partial charge >= 0.3 is 0 Å². The number of fused-ring (bicyclic) bond motifs is 1. The second kappa shape index (κ2) is 6.36. The zero-order valence-electron chi connectivity index (χ0n) is 12.4. The van der Waals surface area contributed by atoms with Crippen LogP contribution in [0.5, 0.6) is 5.75 Å². The van der Waals surface area contributed by atoms with Crippen LogP contribution < -0.4 is 9.80 Å². The van der Waals surface area contributed by atoms with Gasteiger partial charge in [-0.2, -0.15) is 5.06 Å². The zero-order chi connectivity index (χ0) is 15.4. The largest absolute Gasteiger partial charge is 0.497 e. The maximum atomic E-state index is 5.69. The fraction of sp³-hybridized carbons (Fsp3) is 0.188. The second-order valence-electron chi connectivity index (χ2n) is 4.49. The van der Waals surface area contributed by atoms with Gasteiger partial charge in [0.1, 0.15) is 11.3 Å². The van der Waals surface area contributed by atoms with E-state index in [0.29, 0.717) is 12.6 Å². The minimum atomic E-state index is 0.454. The molecule has 112 valence electrons. The molecule has 0 spiro atoms. The summed E-state index contributed by atoms with van der Waals surface area (Å²) >= 11 is 0. The molecule has 0 atom stereocenters. The molecule has 0 unspecified atom stereocenters. The van der Waals surface area contributed by atoms with Gasteiger partial charge in [-0.25, -0.2) is 9.97 Å². The molecule has 0 N–H and O–H groups in total. The van der Waals surface area contributed by atoms with Gasteiger partial charge in [-0.05, 0) is 31.2 Å². The summed E-state index contributed by atoms with van der Waals surface area (Å²) in [4.78, 5) is 18.8. The minimum Gasteiger partial charge on any atom is -0.497 e. The van der Waals surface area contributed by atoms with Crippen molar-refractivity contribution in [2.75, 3.05) is 18.8 Å². The first-order valence-corrected chi connectivity index (χ1v) is 6.96. The third kappa shape index (κ3) is 2.82. The Bertz CT molecular complexity index is 779. The molecule has 0 aliphatic rings.